The normalized spacial score (nSPS) is 17.1. The molecule has 0 aliphatic heterocycles. The molecule has 0 saturated carbocycles. The zero-order chi connectivity index (χ0) is 15.2. The van der Waals surface area contributed by atoms with Crippen molar-refractivity contribution < 1.29 is 14.3 Å². The minimum absolute atomic E-state index is 0.0996. The Morgan fingerprint density at radius 2 is 2.20 bits per heavy atom. The maximum Gasteiger partial charge on any atom is 0.315 e. The summed E-state index contributed by atoms with van der Waals surface area (Å²) >= 11 is 0. The lowest BCUT2D eigenvalue weighted by Crippen LogP contribution is -2.46. The molecule has 3 unspecified atom stereocenters. The molecule has 0 aromatic carbocycles. The lowest BCUT2D eigenvalue weighted by Gasteiger charge is -2.23. The minimum Gasteiger partial charge on any atom is -0.466 e. The molecule has 20 heavy (non-hydrogen) atoms. The second-order valence-electron chi connectivity index (χ2n) is 5.73. The third-order valence-electron chi connectivity index (χ3n) is 3.48. The molecule has 1 rings (SSSR count). The van der Waals surface area contributed by atoms with E-state index in [1.807, 2.05) is 6.92 Å². The van der Waals surface area contributed by atoms with Gasteiger partial charge in [0.25, 0.3) is 0 Å². The molecule has 5 nitrogen and oxygen atoms in total. The maximum absolute atomic E-state index is 11.8. The Kier molecular flexibility index (Phi) is 6.07. The SMILES string of the molecule is CCC(C)CC(C)NC(=O)NCC(C)(O)c1ccco1. The molecule has 3 atom stereocenters. The number of furan rings is 1. The predicted octanol–water partition coefficient (Wildman–Crippen LogP) is 2.61. The highest BCUT2D eigenvalue weighted by Crippen LogP contribution is 2.19. The van der Waals surface area contributed by atoms with Crippen LogP contribution >= 0.6 is 0 Å². The van der Waals surface area contributed by atoms with Crippen molar-refractivity contribution in [1.82, 2.24) is 10.6 Å². The summed E-state index contributed by atoms with van der Waals surface area (Å²) < 4.78 is 5.16. The van der Waals surface area contributed by atoms with Crippen LogP contribution in [0.15, 0.2) is 22.8 Å². The fourth-order valence-electron chi connectivity index (χ4n) is 2.03. The smallest absolute Gasteiger partial charge is 0.315 e. The number of aliphatic hydroxyl groups is 1. The van der Waals surface area contributed by atoms with E-state index < -0.39 is 5.60 Å². The molecular formula is C15H26N2O3. The molecule has 114 valence electrons. The molecule has 0 saturated heterocycles. The summed E-state index contributed by atoms with van der Waals surface area (Å²) in [7, 11) is 0. The average Bonchev–Trinajstić information content (AvgIpc) is 2.90. The quantitative estimate of drug-likeness (QED) is 0.719. The molecule has 0 aliphatic carbocycles. The van der Waals surface area contributed by atoms with Gasteiger partial charge in [0.05, 0.1) is 12.8 Å². The summed E-state index contributed by atoms with van der Waals surface area (Å²) in [6.45, 7) is 7.99. The van der Waals surface area contributed by atoms with Crippen molar-refractivity contribution in [3.8, 4) is 0 Å². The number of carbonyl (C=O) groups excluding carboxylic acids is 1. The first kappa shape index (κ1) is 16.6. The second kappa shape index (κ2) is 7.33. The van der Waals surface area contributed by atoms with Gasteiger partial charge in [-0.15, -0.1) is 0 Å². The lowest BCUT2D eigenvalue weighted by molar-refractivity contribution is 0.0366. The van der Waals surface area contributed by atoms with Crippen LogP contribution in [0.2, 0.25) is 0 Å². The monoisotopic (exact) mass is 282 g/mol. The molecular weight excluding hydrogens is 256 g/mol. The van der Waals surface area contributed by atoms with E-state index in [4.69, 9.17) is 4.42 Å². The first-order valence-electron chi connectivity index (χ1n) is 7.16. The second-order valence-corrected chi connectivity index (χ2v) is 5.73. The zero-order valence-electron chi connectivity index (χ0n) is 12.8. The van der Waals surface area contributed by atoms with E-state index in [9.17, 15) is 9.90 Å². The Bertz CT molecular complexity index is 401. The summed E-state index contributed by atoms with van der Waals surface area (Å²) in [6, 6.07) is 3.23. The number of rotatable bonds is 7. The van der Waals surface area contributed by atoms with E-state index in [-0.39, 0.29) is 18.6 Å². The molecule has 1 heterocycles. The Labute approximate surface area is 120 Å². The summed E-state index contributed by atoms with van der Waals surface area (Å²) in [5, 5.41) is 15.7. The fraction of sp³-hybridized carbons (Fsp3) is 0.667. The van der Waals surface area contributed by atoms with Gasteiger partial charge in [0, 0.05) is 6.04 Å². The van der Waals surface area contributed by atoms with Crippen LogP contribution in [0.5, 0.6) is 0 Å². The van der Waals surface area contributed by atoms with Crippen LogP contribution in [0.25, 0.3) is 0 Å². The van der Waals surface area contributed by atoms with Gasteiger partial charge in [-0.05, 0) is 38.3 Å². The number of urea groups is 1. The number of nitrogens with one attached hydrogen (secondary N) is 2. The number of hydrogen-bond acceptors (Lipinski definition) is 3. The van der Waals surface area contributed by atoms with Crippen molar-refractivity contribution in [3.05, 3.63) is 24.2 Å². The summed E-state index contributed by atoms with van der Waals surface area (Å²) in [4.78, 5) is 11.8. The third-order valence-corrected chi connectivity index (χ3v) is 3.48. The van der Waals surface area contributed by atoms with E-state index in [0.717, 1.165) is 12.8 Å². The molecule has 0 bridgehead atoms. The standard InChI is InChI=1S/C15H26N2O3/c1-5-11(2)9-12(3)17-14(18)16-10-15(4,19)13-7-6-8-20-13/h6-8,11-12,19H,5,9-10H2,1-4H3,(H2,16,17,18). The van der Waals surface area contributed by atoms with Crippen LogP contribution in [0.4, 0.5) is 4.79 Å². The highest BCUT2D eigenvalue weighted by atomic mass is 16.4. The summed E-state index contributed by atoms with van der Waals surface area (Å²) in [6.07, 6.45) is 3.54. The van der Waals surface area contributed by atoms with Crippen LogP contribution in [0.1, 0.15) is 46.3 Å². The van der Waals surface area contributed by atoms with Crippen molar-refractivity contribution in [2.75, 3.05) is 6.54 Å². The summed E-state index contributed by atoms with van der Waals surface area (Å²) in [5.74, 6) is 1.02. The molecule has 2 amide bonds. The van der Waals surface area contributed by atoms with Gasteiger partial charge in [-0.1, -0.05) is 20.3 Å². The van der Waals surface area contributed by atoms with Crippen molar-refractivity contribution in [2.45, 2.75) is 52.2 Å². The van der Waals surface area contributed by atoms with Crippen LogP contribution in [-0.4, -0.2) is 23.7 Å². The molecule has 0 spiro atoms. The van der Waals surface area contributed by atoms with Gasteiger partial charge in [-0.25, -0.2) is 4.79 Å². The highest BCUT2D eigenvalue weighted by molar-refractivity contribution is 5.74. The topological polar surface area (TPSA) is 74.5 Å². The molecule has 0 radical (unpaired) electrons. The van der Waals surface area contributed by atoms with Gasteiger partial charge in [-0.3, -0.25) is 0 Å². The van der Waals surface area contributed by atoms with Crippen LogP contribution in [0.3, 0.4) is 0 Å². The van der Waals surface area contributed by atoms with Gasteiger partial charge >= 0.3 is 6.03 Å². The van der Waals surface area contributed by atoms with Crippen molar-refractivity contribution >= 4 is 6.03 Å². The lowest BCUT2D eigenvalue weighted by atomic mass is 10.0. The number of carbonyl (C=O) groups is 1. The number of amides is 2. The Morgan fingerprint density at radius 3 is 2.75 bits per heavy atom. The number of hydrogen-bond donors (Lipinski definition) is 3. The van der Waals surface area contributed by atoms with E-state index in [0.29, 0.717) is 11.7 Å². The van der Waals surface area contributed by atoms with Crippen molar-refractivity contribution in [3.63, 3.8) is 0 Å². The Balaban J connectivity index is 2.36. The molecule has 3 N–H and O–H groups in total. The van der Waals surface area contributed by atoms with Crippen LogP contribution in [-0.2, 0) is 5.60 Å². The Morgan fingerprint density at radius 1 is 1.50 bits per heavy atom. The Hall–Kier alpha value is -1.49. The molecule has 0 fully saturated rings. The minimum atomic E-state index is -1.21. The fourth-order valence-corrected chi connectivity index (χ4v) is 2.03. The highest BCUT2D eigenvalue weighted by Gasteiger charge is 2.26. The first-order valence-corrected chi connectivity index (χ1v) is 7.16. The largest absolute Gasteiger partial charge is 0.466 e. The van der Waals surface area contributed by atoms with Gasteiger partial charge in [0.2, 0.25) is 0 Å². The van der Waals surface area contributed by atoms with Crippen LogP contribution in [0, 0.1) is 5.92 Å². The third kappa shape index (κ3) is 5.25. The van der Waals surface area contributed by atoms with Gasteiger partial charge in [0.15, 0.2) is 0 Å². The van der Waals surface area contributed by atoms with Crippen molar-refractivity contribution in [2.24, 2.45) is 5.92 Å². The summed E-state index contributed by atoms with van der Waals surface area (Å²) in [5.41, 5.74) is -1.21. The molecule has 0 aliphatic rings. The zero-order valence-corrected chi connectivity index (χ0v) is 12.8. The van der Waals surface area contributed by atoms with Gasteiger partial charge in [0.1, 0.15) is 11.4 Å². The van der Waals surface area contributed by atoms with Gasteiger partial charge < -0.3 is 20.2 Å². The van der Waals surface area contributed by atoms with Crippen LogP contribution < -0.4 is 10.6 Å². The average molecular weight is 282 g/mol. The van der Waals surface area contributed by atoms with E-state index in [1.165, 1.54) is 6.26 Å². The van der Waals surface area contributed by atoms with Gasteiger partial charge in [-0.2, -0.15) is 0 Å². The van der Waals surface area contributed by atoms with E-state index in [1.54, 1.807) is 19.1 Å². The predicted molar refractivity (Wildman–Crippen MR) is 78.3 cm³/mol. The maximum atomic E-state index is 11.8. The molecule has 1 aromatic rings. The van der Waals surface area contributed by atoms with E-state index >= 15 is 0 Å². The first-order chi connectivity index (χ1) is 9.35. The van der Waals surface area contributed by atoms with E-state index in [2.05, 4.69) is 24.5 Å². The van der Waals surface area contributed by atoms with Crippen molar-refractivity contribution in [1.29, 1.82) is 0 Å². The molecule has 5 heteroatoms. The molecule has 1 aromatic heterocycles.